The van der Waals surface area contributed by atoms with E-state index in [4.69, 9.17) is 4.74 Å². The first kappa shape index (κ1) is 19.7. The fraction of sp³-hybridized carbons (Fsp3) is 0.261. The van der Waals surface area contributed by atoms with Crippen molar-refractivity contribution in [2.75, 3.05) is 24.3 Å². The number of nitrogens with zero attached hydrogens (tertiary/aromatic N) is 3. The van der Waals surface area contributed by atoms with E-state index in [2.05, 4.69) is 52.6 Å². The number of aromatic nitrogens is 2. The van der Waals surface area contributed by atoms with E-state index in [0.29, 0.717) is 36.9 Å². The minimum absolute atomic E-state index is 0.147. The molecule has 2 heterocycles. The molecule has 2 amide bonds. The van der Waals surface area contributed by atoms with Crippen LogP contribution in [0.2, 0.25) is 0 Å². The van der Waals surface area contributed by atoms with Gasteiger partial charge in [0.15, 0.2) is 0 Å². The summed E-state index contributed by atoms with van der Waals surface area (Å²) in [6.07, 6.45) is 2.49. The Kier molecular flexibility index (Phi) is 5.52. The van der Waals surface area contributed by atoms with Crippen LogP contribution in [0, 0.1) is 13.8 Å². The lowest BCUT2D eigenvalue weighted by Crippen LogP contribution is -2.39. The molecule has 7 heteroatoms. The molecule has 1 aliphatic rings. The molecule has 1 aliphatic heterocycles. The molecular weight excluding hydrogens is 378 g/mol. The van der Waals surface area contributed by atoms with Gasteiger partial charge in [0.25, 0.3) is 0 Å². The Morgan fingerprint density at radius 3 is 2.67 bits per heavy atom. The van der Waals surface area contributed by atoms with Gasteiger partial charge in [-0.15, -0.1) is 0 Å². The third-order valence-corrected chi connectivity index (χ3v) is 5.02. The van der Waals surface area contributed by atoms with Crippen molar-refractivity contribution in [3.8, 4) is 5.75 Å². The number of rotatable bonds is 4. The molecule has 4 rings (SSSR count). The van der Waals surface area contributed by atoms with Crippen molar-refractivity contribution in [2.45, 2.75) is 26.8 Å². The first-order valence-electron chi connectivity index (χ1n) is 9.90. The maximum atomic E-state index is 12.7. The number of nitrogens with one attached hydrogen (secondary N) is 2. The minimum Gasteiger partial charge on any atom is -0.497 e. The Labute approximate surface area is 176 Å². The first-order valence-corrected chi connectivity index (χ1v) is 9.90. The molecule has 2 N–H and O–H groups in total. The lowest BCUT2D eigenvalue weighted by Gasteiger charge is -2.28. The highest BCUT2D eigenvalue weighted by atomic mass is 16.5. The zero-order valence-electron chi connectivity index (χ0n) is 17.4. The zero-order chi connectivity index (χ0) is 21.1. The van der Waals surface area contributed by atoms with E-state index in [-0.39, 0.29) is 6.03 Å². The number of amides is 2. The third-order valence-electron chi connectivity index (χ3n) is 5.02. The van der Waals surface area contributed by atoms with Crippen LogP contribution in [-0.2, 0) is 13.0 Å². The SMILES string of the molecule is COc1cccc(NC(=O)N2CCc3nc(Nc4cc(C)cc(C)c4)ncc3C2)c1. The summed E-state index contributed by atoms with van der Waals surface area (Å²) in [6.45, 7) is 5.21. The van der Waals surface area contributed by atoms with Gasteiger partial charge in [0.1, 0.15) is 5.75 Å². The number of methoxy groups -OCH3 is 1. The zero-order valence-corrected chi connectivity index (χ0v) is 17.4. The van der Waals surface area contributed by atoms with E-state index in [1.807, 2.05) is 18.2 Å². The van der Waals surface area contributed by atoms with Gasteiger partial charge in [-0.1, -0.05) is 12.1 Å². The maximum absolute atomic E-state index is 12.7. The molecule has 0 saturated heterocycles. The number of hydrogen-bond acceptors (Lipinski definition) is 5. The number of benzene rings is 2. The average molecular weight is 403 g/mol. The molecule has 0 atom stereocenters. The van der Waals surface area contributed by atoms with E-state index < -0.39 is 0 Å². The standard InChI is InChI=1S/C23H25N5O2/c1-15-9-16(2)11-19(10-15)25-22-24-13-17-14-28(8-7-21(17)27-22)23(29)26-18-5-4-6-20(12-18)30-3/h4-6,9-13H,7-8,14H2,1-3H3,(H,26,29)(H,24,25,27). The van der Waals surface area contributed by atoms with Gasteiger partial charge in [0.2, 0.25) is 5.95 Å². The molecule has 154 valence electrons. The number of anilines is 3. The van der Waals surface area contributed by atoms with Gasteiger partial charge in [-0.05, 0) is 49.2 Å². The summed E-state index contributed by atoms with van der Waals surface area (Å²) >= 11 is 0. The average Bonchev–Trinajstić information content (AvgIpc) is 2.72. The van der Waals surface area contributed by atoms with Crippen molar-refractivity contribution in [2.24, 2.45) is 0 Å². The van der Waals surface area contributed by atoms with E-state index in [1.165, 1.54) is 11.1 Å². The van der Waals surface area contributed by atoms with Gasteiger partial charge in [-0.2, -0.15) is 0 Å². The molecule has 0 spiro atoms. The summed E-state index contributed by atoms with van der Waals surface area (Å²) in [5, 5.41) is 6.21. The molecule has 2 aromatic carbocycles. The maximum Gasteiger partial charge on any atom is 0.322 e. The topological polar surface area (TPSA) is 79.4 Å². The predicted octanol–water partition coefficient (Wildman–Crippen LogP) is 4.44. The van der Waals surface area contributed by atoms with Crippen LogP contribution in [0.1, 0.15) is 22.4 Å². The fourth-order valence-corrected chi connectivity index (χ4v) is 3.63. The van der Waals surface area contributed by atoms with Crippen molar-refractivity contribution in [1.82, 2.24) is 14.9 Å². The number of aryl methyl sites for hydroxylation is 2. The molecule has 1 aromatic heterocycles. The number of carbonyl (C=O) groups is 1. The van der Waals surface area contributed by atoms with E-state index in [0.717, 1.165) is 16.9 Å². The Morgan fingerprint density at radius 2 is 1.90 bits per heavy atom. The second-order valence-electron chi connectivity index (χ2n) is 7.50. The number of hydrogen-bond donors (Lipinski definition) is 2. The van der Waals surface area contributed by atoms with Gasteiger partial charge in [0, 0.05) is 42.2 Å². The van der Waals surface area contributed by atoms with Crippen LogP contribution in [0.4, 0.5) is 22.1 Å². The summed E-state index contributed by atoms with van der Waals surface area (Å²) in [4.78, 5) is 23.6. The van der Waals surface area contributed by atoms with Crippen LogP contribution in [0.25, 0.3) is 0 Å². The first-order chi connectivity index (χ1) is 14.5. The molecule has 0 unspecified atom stereocenters. The molecule has 3 aromatic rings. The number of fused-ring (bicyclic) bond motifs is 1. The van der Waals surface area contributed by atoms with Gasteiger partial charge in [-0.3, -0.25) is 0 Å². The van der Waals surface area contributed by atoms with Crippen molar-refractivity contribution < 1.29 is 9.53 Å². The summed E-state index contributed by atoms with van der Waals surface area (Å²) in [6, 6.07) is 13.4. The Bertz CT molecular complexity index is 1060. The molecule has 0 fully saturated rings. The van der Waals surface area contributed by atoms with Crippen LogP contribution in [0.3, 0.4) is 0 Å². The molecule has 0 aliphatic carbocycles. The quantitative estimate of drug-likeness (QED) is 0.673. The highest BCUT2D eigenvalue weighted by Gasteiger charge is 2.22. The van der Waals surface area contributed by atoms with E-state index >= 15 is 0 Å². The monoisotopic (exact) mass is 403 g/mol. The second kappa shape index (κ2) is 8.41. The molecule has 0 bridgehead atoms. The fourth-order valence-electron chi connectivity index (χ4n) is 3.63. The highest BCUT2D eigenvalue weighted by Crippen LogP contribution is 2.22. The number of urea groups is 1. The predicted molar refractivity (Wildman–Crippen MR) is 117 cm³/mol. The van der Waals surface area contributed by atoms with Gasteiger partial charge >= 0.3 is 6.03 Å². The largest absolute Gasteiger partial charge is 0.497 e. The van der Waals surface area contributed by atoms with E-state index in [1.54, 1.807) is 24.3 Å². The Balaban J connectivity index is 1.43. The van der Waals surface area contributed by atoms with Crippen LogP contribution >= 0.6 is 0 Å². The van der Waals surface area contributed by atoms with Crippen molar-refractivity contribution in [3.05, 3.63) is 71.0 Å². The van der Waals surface area contributed by atoms with Crippen molar-refractivity contribution in [1.29, 1.82) is 0 Å². The molecule has 7 nitrogen and oxygen atoms in total. The lowest BCUT2D eigenvalue weighted by atomic mass is 10.1. The van der Waals surface area contributed by atoms with E-state index in [9.17, 15) is 4.79 Å². The van der Waals surface area contributed by atoms with Crippen LogP contribution < -0.4 is 15.4 Å². The minimum atomic E-state index is -0.147. The highest BCUT2D eigenvalue weighted by molar-refractivity contribution is 5.89. The van der Waals surface area contributed by atoms with Gasteiger partial charge < -0.3 is 20.3 Å². The normalized spacial score (nSPS) is 12.8. The number of ether oxygens (including phenoxy) is 1. The Morgan fingerprint density at radius 1 is 1.10 bits per heavy atom. The summed E-state index contributed by atoms with van der Waals surface area (Å²) in [5.41, 5.74) is 5.99. The molecule has 0 saturated carbocycles. The molecule has 0 radical (unpaired) electrons. The summed E-state index contributed by atoms with van der Waals surface area (Å²) in [7, 11) is 1.60. The van der Waals surface area contributed by atoms with Crippen LogP contribution in [0.5, 0.6) is 5.75 Å². The molecular formula is C23H25N5O2. The third kappa shape index (κ3) is 4.51. The van der Waals surface area contributed by atoms with Crippen molar-refractivity contribution in [3.63, 3.8) is 0 Å². The number of carbonyl (C=O) groups excluding carboxylic acids is 1. The Hall–Kier alpha value is -3.61. The smallest absolute Gasteiger partial charge is 0.322 e. The lowest BCUT2D eigenvalue weighted by molar-refractivity contribution is 0.206. The van der Waals surface area contributed by atoms with Gasteiger partial charge in [0.05, 0.1) is 19.3 Å². The van der Waals surface area contributed by atoms with Crippen LogP contribution in [0.15, 0.2) is 48.7 Å². The summed E-state index contributed by atoms with van der Waals surface area (Å²) < 4.78 is 5.21. The molecule has 30 heavy (non-hydrogen) atoms. The van der Waals surface area contributed by atoms with Crippen molar-refractivity contribution >= 4 is 23.4 Å². The summed E-state index contributed by atoms with van der Waals surface area (Å²) in [5.74, 6) is 1.28. The second-order valence-corrected chi connectivity index (χ2v) is 7.50. The van der Waals surface area contributed by atoms with Gasteiger partial charge in [-0.25, -0.2) is 14.8 Å². The van der Waals surface area contributed by atoms with Crippen LogP contribution in [-0.4, -0.2) is 34.6 Å².